The third kappa shape index (κ3) is 4.65. The number of benzene rings is 1. The van der Waals surface area contributed by atoms with E-state index in [-0.39, 0.29) is 11.6 Å². The number of nitrogens with two attached hydrogens (primary N) is 1. The Labute approximate surface area is 108 Å². The summed E-state index contributed by atoms with van der Waals surface area (Å²) in [6.45, 7) is 8.08. The van der Waals surface area contributed by atoms with Crippen LogP contribution in [0.4, 0.5) is 0 Å². The molecule has 94 valence electrons. The second-order valence-electron chi connectivity index (χ2n) is 5.09. The van der Waals surface area contributed by atoms with Gasteiger partial charge in [-0.3, -0.25) is 0 Å². The highest BCUT2D eigenvalue weighted by Crippen LogP contribution is 2.24. The quantitative estimate of drug-likeness (QED) is 0.629. The van der Waals surface area contributed by atoms with Crippen molar-refractivity contribution >= 4 is 17.6 Å². The normalized spacial score (nSPS) is 14.5. The van der Waals surface area contributed by atoms with Crippen molar-refractivity contribution in [3.05, 3.63) is 34.9 Å². The summed E-state index contributed by atoms with van der Waals surface area (Å²) in [5.74, 6) is 0.435. The van der Waals surface area contributed by atoms with Crippen molar-refractivity contribution in [3.63, 3.8) is 0 Å². The zero-order valence-electron chi connectivity index (χ0n) is 10.8. The summed E-state index contributed by atoms with van der Waals surface area (Å²) in [7, 11) is 0. The molecule has 0 saturated heterocycles. The topological polar surface area (TPSA) is 50.4 Å². The molecule has 1 rings (SSSR count). The van der Waals surface area contributed by atoms with Crippen molar-refractivity contribution in [1.82, 2.24) is 5.32 Å². The van der Waals surface area contributed by atoms with Crippen LogP contribution in [0.2, 0.25) is 5.02 Å². The first-order chi connectivity index (χ1) is 7.79. The molecule has 0 fully saturated rings. The van der Waals surface area contributed by atoms with Gasteiger partial charge in [-0.1, -0.05) is 29.8 Å². The number of guanidine groups is 1. The van der Waals surface area contributed by atoms with Gasteiger partial charge in [0.05, 0.1) is 6.04 Å². The van der Waals surface area contributed by atoms with Gasteiger partial charge >= 0.3 is 0 Å². The monoisotopic (exact) mass is 253 g/mol. The molecule has 0 spiro atoms. The predicted octanol–water partition coefficient (Wildman–Crippen LogP) is 3.10. The van der Waals surface area contributed by atoms with Crippen LogP contribution < -0.4 is 11.1 Å². The van der Waals surface area contributed by atoms with E-state index in [1.54, 1.807) is 0 Å². The lowest BCUT2D eigenvalue weighted by Crippen LogP contribution is -2.45. The average Bonchev–Trinajstić information content (AvgIpc) is 2.14. The van der Waals surface area contributed by atoms with Gasteiger partial charge in [0.25, 0.3) is 0 Å². The Balaban J connectivity index is 2.82. The zero-order valence-corrected chi connectivity index (χ0v) is 11.5. The highest BCUT2D eigenvalue weighted by Gasteiger charge is 2.12. The van der Waals surface area contributed by atoms with E-state index in [0.29, 0.717) is 11.0 Å². The summed E-state index contributed by atoms with van der Waals surface area (Å²) in [5.41, 5.74) is 6.73. The third-order valence-corrected chi connectivity index (χ3v) is 2.54. The Hall–Kier alpha value is -1.22. The van der Waals surface area contributed by atoms with E-state index in [1.165, 1.54) is 0 Å². The minimum Gasteiger partial charge on any atom is -0.370 e. The molecule has 1 unspecified atom stereocenters. The number of hydrogen-bond donors (Lipinski definition) is 2. The van der Waals surface area contributed by atoms with Crippen molar-refractivity contribution in [2.24, 2.45) is 10.7 Å². The molecular formula is C13H20ClN3. The van der Waals surface area contributed by atoms with Crippen molar-refractivity contribution in [2.45, 2.75) is 39.3 Å². The average molecular weight is 254 g/mol. The molecule has 0 aromatic heterocycles. The highest BCUT2D eigenvalue weighted by molar-refractivity contribution is 6.31. The minimum atomic E-state index is -0.0895. The van der Waals surface area contributed by atoms with Gasteiger partial charge < -0.3 is 11.1 Å². The summed E-state index contributed by atoms with van der Waals surface area (Å²) in [5, 5.41) is 3.84. The van der Waals surface area contributed by atoms with Gasteiger partial charge in [0.15, 0.2) is 5.96 Å². The summed E-state index contributed by atoms with van der Waals surface area (Å²) in [6, 6.07) is 7.61. The molecule has 0 aliphatic carbocycles. The minimum absolute atomic E-state index is 0.0569. The van der Waals surface area contributed by atoms with Crippen LogP contribution in [-0.2, 0) is 0 Å². The highest BCUT2D eigenvalue weighted by atomic mass is 35.5. The van der Waals surface area contributed by atoms with Crippen molar-refractivity contribution in [3.8, 4) is 0 Å². The molecular weight excluding hydrogens is 234 g/mol. The van der Waals surface area contributed by atoms with E-state index in [2.05, 4.69) is 10.3 Å². The lowest BCUT2D eigenvalue weighted by Gasteiger charge is -2.22. The van der Waals surface area contributed by atoms with Crippen LogP contribution >= 0.6 is 11.6 Å². The largest absolute Gasteiger partial charge is 0.370 e. The molecule has 0 radical (unpaired) electrons. The molecule has 1 atom stereocenters. The summed E-state index contributed by atoms with van der Waals surface area (Å²) in [6.07, 6.45) is 0. The maximum Gasteiger partial charge on any atom is 0.189 e. The first-order valence-corrected chi connectivity index (χ1v) is 6.03. The van der Waals surface area contributed by atoms with Gasteiger partial charge in [-0.15, -0.1) is 0 Å². The molecule has 0 saturated carbocycles. The molecule has 17 heavy (non-hydrogen) atoms. The lowest BCUT2D eigenvalue weighted by molar-refractivity contribution is 0.507. The maximum atomic E-state index is 6.11. The van der Waals surface area contributed by atoms with Gasteiger partial charge in [-0.25, -0.2) is 4.99 Å². The number of nitrogens with zero attached hydrogens (tertiary/aromatic N) is 1. The van der Waals surface area contributed by atoms with E-state index in [1.807, 2.05) is 52.0 Å². The van der Waals surface area contributed by atoms with Crippen LogP contribution in [0.25, 0.3) is 0 Å². The van der Waals surface area contributed by atoms with Crippen LogP contribution in [0.5, 0.6) is 0 Å². The number of rotatable bonds is 2. The van der Waals surface area contributed by atoms with E-state index in [9.17, 15) is 0 Å². The molecule has 0 bridgehead atoms. The molecule has 0 heterocycles. The lowest BCUT2D eigenvalue weighted by atomic mass is 10.1. The van der Waals surface area contributed by atoms with E-state index < -0.39 is 0 Å². The van der Waals surface area contributed by atoms with E-state index in [0.717, 1.165) is 5.56 Å². The van der Waals surface area contributed by atoms with Crippen molar-refractivity contribution < 1.29 is 0 Å². The van der Waals surface area contributed by atoms with Crippen molar-refractivity contribution in [2.75, 3.05) is 0 Å². The van der Waals surface area contributed by atoms with Crippen LogP contribution in [-0.4, -0.2) is 11.5 Å². The first kappa shape index (κ1) is 13.8. The van der Waals surface area contributed by atoms with Crippen LogP contribution in [0.15, 0.2) is 29.3 Å². The van der Waals surface area contributed by atoms with Gasteiger partial charge in [-0.05, 0) is 39.3 Å². The van der Waals surface area contributed by atoms with Gasteiger partial charge in [-0.2, -0.15) is 0 Å². The molecule has 1 aromatic carbocycles. The second kappa shape index (κ2) is 5.41. The molecule has 3 N–H and O–H groups in total. The Morgan fingerprint density at radius 3 is 2.47 bits per heavy atom. The fraction of sp³-hybridized carbons (Fsp3) is 0.462. The summed E-state index contributed by atoms with van der Waals surface area (Å²) >= 11 is 6.11. The first-order valence-electron chi connectivity index (χ1n) is 5.65. The Bertz CT molecular complexity index is 407. The number of aliphatic imine (C=N–C) groups is 1. The Morgan fingerprint density at radius 1 is 1.35 bits per heavy atom. The molecule has 4 heteroatoms. The molecule has 0 amide bonds. The number of hydrogen-bond acceptors (Lipinski definition) is 1. The molecule has 1 aromatic rings. The molecule has 0 aliphatic rings. The third-order valence-electron chi connectivity index (χ3n) is 2.19. The van der Waals surface area contributed by atoms with Gasteiger partial charge in [0.2, 0.25) is 0 Å². The Morgan fingerprint density at radius 2 is 1.94 bits per heavy atom. The maximum absolute atomic E-state index is 6.11. The van der Waals surface area contributed by atoms with E-state index in [4.69, 9.17) is 17.3 Å². The summed E-state index contributed by atoms with van der Waals surface area (Å²) < 4.78 is 0. The van der Waals surface area contributed by atoms with Crippen LogP contribution in [0.1, 0.15) is 39.3 Å². The van der Waals surface area contributed by atoms with Gasteiger partial charge in [0.1, 0.15) is 0 Å². The number of nitrogens with one attached hydrogen (secondary N) is 1. The predicted molar refractivity (Wildman–Crippen MR) is 74.4 cm³/mol. The van der Waals surface area contributed by atoms with Gasteiger partial charge in [0, 0.05) is 10.6 Å². The fourth-order valence-corrected chi connectivity index (χ4v) is 1.80. The van der Waals surface area contributed by atoms with Crippen LogP contribution in [0.3, 0.4) is 0 Å². The van der Waals surface area contributed by atoms with E-state index >= 15 is 0 Å². The zero-order chi connectivity index (χ0) is 13.1. The SMILES string of the molecule is CC(N=C(N)NC(C)(C)C)c1ccccc1Cl. The summed E-state index contributed by atoms with van der Waals surface area (Å²) in [4.78, 5) is 4.39. The molecule has 0 aliphatic heterocycles. The molecule has 3 nitrogen and oxygen atoms in total. The van der Waals surface area contributed by atoms with Crippen LogP contribution in [0, 0.1) is 0 Å². The standard InChI is InChI=1S/C13H20ClN3/c1-9(10-7-5-6-8-11(10)14)16-12(15)17-13(2,3)4/h5-9H,1-4H3,(H3,15,16,17). The smallest absolute Gasteiger partial charge is 0.189 e. The van der Waals surface area contributed by atoms with Crippen molar-refractivity contribution in [1.29, 1.82) is 0 Å². The second-order valence-corrected chi connectivity index (χ2v) is 5.49. The Kier molecular flexibility index (Phi) is 4.40. The number of halogens is 1. The fourth-order valence-electron chi connectivity index (χ4n) is 1.51.